The third-order valence-corrected chi connectivity index (χ3v) is 5.08. The first-order valence-electron chi connectivity index (χ1n) is 9.01. The molecule has 138 valence electrons. The molecule has 0 saturated carbocycles. The Hall–Kier alpha value is -2.60. The highest BCUT2D eigenvalue weighted by atomic mass is 16.3. The van der Waals surface area contributed by atoms with Gasteiger partial charge in [-0.2, -0.15) is 0 Å². The van der Waals surface area contributed by atoms with Crippen molar-refractivity contribution in [1.82, 2.24) is 4.90 Å². The normalized spacial score (nSPS) is 16.3. The highest BCUT2D eigenvalue weighted by Gasteiger charge is 2.31. The number of carbonyl (C=O) groups excluding carboxylic acids is 2. The topological polar surface area (TPSA) is 67.0 Å². The van der Waals surface area contributed by atoms with Crippen LogP contribution in [0.3, 0.4) is 0 Å². The van der Waals surface area contributed by atoms with Crippen LogP contribution in [0.4, 0.5) is 5.69 Å². The monoisotopic (exact) mass is 356 g/mol. The van der Waals surface area contributed by atoms with Crippen molar-refractivity contribution < 1.29 is 18.9 Å². The van der Waals surface area contributed by atoms with Crippen LogP contribution in [0.1, 0.15) is 28.6 Å². The first-order chi connectivity index (χ1) is 12.5. The first kappa shape index (κ1) is 18.2. The molecule has 0 radical (unpaired) electrons. The fourth-order valence-electron chi connectivity index (χ4n) is 3.28. The predicted octanol–water partition coefficient (Wildman–Crippen LogP) is 1.26. The van der Waals surface area contributed by atoms with Crippen molar-refractivity contribution in [2.75, 3.05) is 31.5 Å². The molecule has 26 heavy (non-hydrogen) atoms. The Morgan fingerprint density at radius 1 is 1.19 bits per heavy atom. The summed E-state index contributed by atoms with van der Waals surface area (Å²) in [7, 11) is 0. The lowest BCUT2D eigenvalue weighted by molar-refractivity contribution is -0.917. The van der Waals surface area contributed by atoms with Gasteiger partial charge in [-0.15, -0.1) is 0 Å². The summed E-state index contributed by atoms with van der Waals surface area (Å²) in [5.41, 5.74) is 3.05. The van der Waals surface area contributed by atoms with Gasteiger partial charge in [0, 0.05) is 5.69 Å². The second kappa shape index (κ2) is 7.74. The maximum Gasteiger partial charge on any atom is 0.289 e. The second-order valence-electron chi connectivity index (χ2n) is 6.96. The molecule has 0 aliphatic carbocycles. The molecule has 1 aromatic heterocycles. The summed E-state index contributed by atoms with van der Waals surface area (Å²) in [6.45, 7) is 8.68. The number of furan rings is 1. The van der Waals surface area contributed by atoms with Gasteiger partial charge in [-0.05, 0) is 50.1 Å². The van der Waals surface area contributed by atoms with Crippen LogP contribution in [0.2, 0.25) is 0 Å². The Kier molecular flexibility index (Phi) is 5.42. The maximum atomic E-state index is 12.6. The van der Waals surface area contributed by atoms with E-state index in [9.17, 15) is 9.59 Å². The smallest absolute Gasteiger partial charge is 0.289 e. The molecule has 1 aromatic carbocycles. The minimum absolute atomic E-state index is 0.0134. The first-order valence-corrected chi connectivity index (χ1v) is 9.01. The van der Waals surface area contributed by atoms with Gasteiger partial charge in [0.1, 0.15) is 0 Å². The van der Waals surface area contributed by atoms with Crippen molar-refractivity contribution in [3.8, 4) is 0 Å². The van der Waals surface area contributed by atoms with E-state index in [1.54, 1.807) is 17.0 Å². The average Bonchev–Trinajstić information content (AvgIpc) is 3.18. The van der Waals surface area contributed by atoms with E-state index in [1.165, 1.54) is 11.2 Å². The van der Waals surface area contributed by atoms with Crippen LogP contribution in [0.25, 0.3) is 0 Å². The number of rotatable bonds is 4. The highest BCUT2D eigenvalue weighted by Crippen LogP contribution is 2.16. The molecule has 2 heterocycles. The van der Waals surface area contributed by atoms with Crippen molar-refractivity contribution in [1.29, 1.82) is 0 Å². The molecule has 0 spiro atoms. The largest absolute Gasteiger partial charge is 0.459 e. The van der Waals surface area contributed by atoms with Crippen molar-refractivity contribution in [2.45, 2.75) is 26.8 Å². The molecule has 1 fully saturated rings. The van der Waals surface area contributed by atoms with Gasteiger partial charge in [-0.3, -0.25) is 9.59 Å². The van der Waals surface area contributed by atoms with E-state index in [-0.39, 0.29) is 17.9 Å². The van der Waals surface area contributed by atoms with Crippen LogP contribution in [0.5, 0.6) is 0 Å². The van der Waals surface area contributed by atoms with Crippen molar-refractivity contribution in [3.63, 3.8) is 0 Å². The van der Waals surface area contributed by atoms with E-state index in [0.717, 1.165) is 29.9 Å². The summed E-state index contributed by atoms with van der Waals surface area (Å²) in [4.78, 5) is 28.0. The van der Waals surface area contributed by atoms with Crippen molar-refractivity contribution in [2.24, 2.45) is 0 Å². The predicted molar refractivity (Wildman–Crippen MR) is 99.3 cm³/mol. The molecular formula is C20H26N3O3+. The van der Waals surface area contributed by atoms with E-state index < -0.39 is 0 Å². The summed E-state index contributed by atoms with van der Waals surface area (Å²) in [5.74, 6) is 0.301. The van der Waals surface area contributed by atoms with Gasteiger partial charge in [-0.25, -0.2) is 0 Å². The third-order valence-electron chi connectivity index (χ3n) is 5.08. The SMILES string of the molecule is Cc1ccc(C)c(NC(=O)[C@H](C)[NH+]2CCN(C(=O)c3ccco3)CC2)c1. The summed E-state index contributed by atoms with van der Waals surface area (Å²) in [5, 5.41) is 3.05. The fourth-order valence-corrected chi connectivity index (χ4v) is 3.28. The highest BCUT2D eigenvalue weighted by molar-refractivity contribution is 5.94. The molecule has 1 aliphatic rings. The molecule has 1 aliphatic heterocycles. The molecule has 3 rings (SSSR count). The van der Waals surface area contributed by atoms with Gasteiger partial charge in [0.25, 0.3) is 11.8 Å². The fraction of sp³-hybridized carbons (Fsp3) is 0.400. The number of piperazine rings is 1. The average molecular weight is 356 g/mol. The Morgan fingerprint density at radius 3 is 2.58 bits per heavy atom. The number of aryl methyl sites for hydroxylation is 2. The number of amides is 2. The minimum atomic E-state index is -0.171. The number of nitrogens with one attached hydrogen (secondary N) is 2. The van der Waals surface area contributed by atoms with E-state index in [1.807, 2.05) is 39.0 Å². The summed E-state index contributed by atoms with van der Waals surface area (Å²) < 4.78 is 5.19. The lowest BCUT2D eigenvalue weighted by atomic mass is 10.1. The summed E-state index contributed by atoms with van der Waals surface area (Å²) in [6, 6.07) is 9.28. The van der Waals surface area contributed by atoms with Crippen molar-refractivity contribution >= 4 is 17.5 Å². The van der Waals surface area contributed by atoms with Crippen molar-refractivity contribution in [3.05, 3.63) is 53.5 Å². The zero-order valence-corrected chi connectivity index (χ0v) is 15.5. The van der Waals surface area contributed by atoms with Crippen LogP contribution in [-0.4, -0.2) is 48.9 Å². The summed E-state index contributed by atoms with van der Waals surface area (Å²) >= 11 is 0. The number of carbonyl (C=O) groups is 2. The number of anilines is 1. The molecule has 1 saturated heterocycles. The Balaban J connectivity index is 1.56. The maximum absolute atomic E-state index is 12.6. The zero-order chi connectivity index (χ0) is 18.7. The lowest BCUT2D eigenvalue weighted by Gasteiger charge is -2.34. The van der Waals surface area contributed by atoms with E-state index >= 15 is 0 Å². The quantitative estimate of drug-likeness (QED) is 0.867. The van der Waals surface area contributed by atoms with Gasteiger partial charge in [0.15, 0.2) is 11.8 Å². The Labute approximate surface area is 153 Å². The Morgan fingerprint density at radius 2 is 1.92 bits per heavy atom. The number of benzene rings is 1. The molecule has 0 unspecified atom stereocenters. The lowest BCUT2D eigenvalue weighted by Crippen LogP contribution is -3.19. The zero-order valence-electron chi connectivity index (χ0n) is 15.5. The van der Waals surface area contributed by atoms with Crippen LogP contribution in [0.15, 0.2) is 41.0 Å². The van der Waals surface area contributed by atoms with E-state index in [0.29, 0.717) is 18.8 Å². The molecule has 2 amide bonds. The third kappa shape index (κ3) is 3.96. The van der Waals surface area contributed by atoms with Gasteiger partial charge in [0.05, 0.1) is 32.4 Å². The Bertz CT molecular complexity index is 778. The van der Waals surface area contributed by atoms with Crippen LogP contribution in [-0.2, 0) is 4.79 Å². The van der Waals surface area contributed by atoms with Gasteiger partial charge < -0.3 is 19.5 Å². The number of hydrogen-bond donors (Lipinski definition) is 2. The molecule has 1 atom stereocenters. The van der Waals surface area contributed by atoms with Gasteiger partial charge in [-0.1, -0.05) is 12.1 Å². The standard InChI is InChI=1S/C20H25N3O3/c1-14-6-7-15(2)17(13-14)21-19(24)16(3)22-8-10-23(11-9-22)20(25)18-5-4-12-26-18/h4-7,12-13,16H,8-11H2,1-3H3,(H,21,24)/p+1/t16-/m0/s1. The number of hydrogen-bond acceptors (Lipinski definition) is 3. The number of nitrogens with zero attached hydrogens (tertiary/aromatic N) is 1. The summed E-state index contributed by atoms with van der Waals surface area (Å²) in [6.07, 6.45) is 1.51. The van der Waals surface area contributed by atoms with E-state index in [2.05, 4.69) is 5.32 Å². The molecule has 2 aromatic rings. The molecule has 6 nitrogen and oxygen atoms in total. The minimum Gasteiger partial charge on any atom is -0.459 e. The van der Waals surface area contributed by atoms with E-state index in [4.69, 9.17) is 4.42 Å². The molecule has 0 bridgehead atoms. The molecular weight excluding hydrogens is 330 g/mol. The van der Waals surface area contributed by atoms with Crippen LogP contribution < -0.4 is 10.2 Å². The molecule has 2 N–H and O–H groups in total. The van der Waals surface area contributed by atoms with Crippen LogP contribution >= 0.6 is 0 Å². The van der Waals surface area contributed by atoms with Gasteiger partial charge >= 0.3 is 0 Å². The molecule has 6 heteroatoms. The number of quaternary nitrogens is 1. The van der Waals surface area contributed by atoms with Crippen LogP contribution in [0, 0.1) is 13.8 Å². The van der Waals surface area contributed by atoms with Gasteiger partial charge in [0.2, 0.25) is 0 Å². The second-order valence-corrected chi connectivity index (χ2v) is 6.96.